The highest BCUT2D eigenvalue weighted by molar-refractivity contribution is 8.47. The summed E-state index contributed by atoms with van der Waals surface area (Å²) in [5.41, 5.74) is 5.27. The molecule has 1 aromatic rings. The SMILES string of the molecule is CCCCCCCSC(=S)SC(CCC(C)(C)C(=O)OCc1cn(CCC[Si](O)(O)OC)nn1)C(N)=O. The second kappa shape index (κ2) is 17.5. The van der Waals surface area contributed by atoms with Crippen LogP contribution in [0.25, 0.3) is 0 Å². The summed E-state index contributed by atoms with van der Waals surface area (Å²) in [7, 11) is -2.32. The fourth-order valence-electron chi connectivity index (χ4n) is 3.29. The molecule has 0 saturated carbocycles. The first kappa shape index (κ1) is 34.0. The van der Waals surface area contributed by atoms with Crippen LogP contribution < -0.4 is 5.73 Å². The number of ether oxygens (including phenoxy) is 1. The quantitative estimate of drug-likeness (QED) is 0.0932. The standard InChI is InChI=1S/C23H42N4O6S3Si/c1-5-6-7-8-9-14-35-22(34)36-19(20(24)28)11-12-23(2,3)21(29)33-17-18-16-27(26-25-18)13-10-15-37(30,31)32-4/h16,19,30-31H,5-15,17H2,1-4H3,(H2,24,28). The number of rotatable bonds is 19. The number of thioether (sulfide) groups is 2. The number of hydrogen-bond donors (Lipinski definition) is 3. The number of esters is 1. The van der Waals surface area contributed by atoms with E-state index >= 15 is 0 Å². The summed E-state index contributed by atoms with van der Waals surface area (Å²) in [6.07, 6.45) is 8.91. The number of aromatic nitrogens is 3. The molecule has 14 heteroatoms. The Morgan fingerprint density at radius 1 is 1.24 bits per heavy atom. The van der Waals surface area contributed by atoms with E-state index in [2.05, 4.69) is 21.7 Å². The molecule has 1 unspecified atom stereocenters. The van der Waals surface area contributed by atoms with Gasteiger partial charge >= 0.3 is 14.8 Å². The molecule has 0 spiro atoms. The molecule has 0 aliphatic heterocycles. The van der Waals surface area contributed by atoms with Crippen LogP contribution in [0.4, 0.5) is 0 Å². The third-order valence-electron chi connectivity index (χ3n) is 5.76. The molecule has 1 aromatic heterocycles. The second-order valence-electron chi connectivity index (χ2n) is 9.54. The number of aryl methyl sites for hydroxylation is 1. The first-order chi connectivity index (χ1) is 17.4. The van der Waals surface area contributed by atoms with Crippen molar-refractivity contribution < 1.29 is 28.3 Å². The fraction of sp³-hybridized carbons (Fsp3) is 0.783. The topological polar surface area (TPSA) is 150 Å². The highest BCUT2D eigenvalue weighted by atomic mass is 32.2. The monoisotopic (exact) mass is 594 g/mol. The first-order valence-electron chi connectivity index (χ1n) is 12.6. The lowest BCUT2D eigenvalue weighted by Crippen LogP contribution is -2.37. The van der Waals surface area contributed by atoms with Gasteiger partial charge in [-0.15, -0.1) is 16.9 Å². The van der Waals surface area contributed by atoms with Gasteiger partial charge in [-0.3, -0.25) is 14.3 Å². The molecule has 0 fully saturated rings. The average Bonchev–Trinajstić information content (AvgIpc) is 3.29. The van der Waals surface area contributed by atoms with Gasteiger partial charge in [-0.05, 0) is 45.3 Å². The van der Waals surface area contributed by atoms with Gasteiger partial charge in [0.05, 0.1) is 16.9 Å². The van der Waals surface area contributed by atoms with Gasteiger partial charge in [0, 0.05) is 19.7 Å². The van der Waals surface area contributed by atoms with Crippen molar-refractivity contribution in [1.29, 1.82) is 0 Å². The van der Waals surface area contributed by atoms with Gasteiger partial charge in [-0.2, -0.15) is 0 Å². The summed E-state index contributed by atoms with van der Waals surface area (Å²) in [4.78, 5) is 43.9. The number of carbonyl (C=O) groups is 2. The molecule has 10 nitrogen and oxygen atoms in total. The zero-order valence-electron chi connectivity index (χ0n) is 22.3. The van der Waals surface area contributed by atoms with Crippen LogP contribution in [-0.4, -0.2) is 66.9 Å². The van der Waals surface area contributed by atoms with Crippen LogP contribution in [-0.2, 0) is 31.9 Å². The van der Waals surface area contributed by atoms with Crippen molar-refractivity contribution in [2.24, 2.45) is 11.1 Å². The molecule has 1 heterocycles. The van der Waals surface area contributed by atoms with Crippen LogP contribution in [0, 0.1) is 5.41 Å². The summed E-state index contributed by atoms with van der Waals surface area (Å²) in [5.74, 6) is 0.0855. The number of unbranched alkanes of at least 4 members (excludes halogenated alkanes) is 4. The van der Waals surface area contributed by atoms with Crippen LogP contribution in [0.5, 0.6) is 0 Å². The molecule has 4 N–H and O–H groups in total. The Balaban J connectivity index is 2.44. The van der Waals surface area contributed by atoms with Crippen molar-refractivity contribution >= 4 is 60.0 Å². The molecule has 0 aliphatic rings. The molecule has 0 aromatic carbocycles. The number of nitrogens with zero attached hydrogens (tertiary/aromatic N) is 3. The van der Waals surface area contributed by atoms with E-state index in [1.54, 1.807) is 36.5 Å². The number of thiocarbonyl (C=S) groups is 1. The lowest BCUT2D eigenvalue weighted by Gasteiger charge is -2.24. The molecule has 1 amide bonds. The minimum absolute atomic E-state index is 0.0357. The van der Waals surface area contributed by atoms with E-state index in [9.17, 15) is 19.2 Å². The van der Waals surface area contributed by atoms with Gasteiger partial charge in [-0.1, -0.05) is 61.8 Å². The van der Waals surface area contributed by atoms with Gasteiger partial charge in [0.1, 0.15) is 15.8 Å². The molecule has 212 valence electrons. The summed E-state index contributed by atoms with van der Waals surface area (Å²) in [6, 6.07) is 0.148. The molecular weight excluding hydrogens is 553 g/mol. The van der Waals surface area contributed by atoms with Gasteiger partial charge in [0.25, 0.3) is 0 Å². The van der Waals surface area contributed by atoms with E-state index in [0.29, 0.717) is 35.0 Å². The maximum Gasteiger partial charge on any atom is 0.495 e. The molecule has 37 heavy (non-hydrogen) atoms. The smallest absolute Gasteiger partial charge is 0.459 e. The van der Waals surface area contributed by atoms with Crippen molar-refractivity contribution in [2.75, 3.05) is 12.9 Å². The molecule has 0 bridgehead atoms. The number of amides is 1. The molecule has 0 radical (unpaired) electrons. The second-order valence-corrected chi connectivity index (χ2v) is 15.4. The molecular formula is C23H42N4O6S3Si. The van der Waals surface area contributed by atoms with E-state index in [-0.39, 0.29) is 12.7 Å². The Hall–Kier alpha value is -1.03. The molecule has 1 rings (SSSR count). The molecule has 1 atom stereocenters. The molecule has 0 aliphatic carbocycles. The van der Waals surface area contributed by atoms with Gasteiger partial charge in [0.2, 0.25) is 5.91 Å². The van der Waals surface area contributed by atoms with Crippen LogP contribution in [0.1, 0.15) is 77.8 Å². The van der Waals surface area contributed by atoms with Crippen molar-refractivity contribution in [3.05, 3.63) is 11.9 Å². The van der Waals surface area contributed by atoms with Gasteiger partial charge < -0.3 is 24.5 Å². The summed E-state index contributed by atoms with van der Waals surface area (Å²) in [5, 5.41) is 7.46. The average molecular weight is 595 g/mol. The number of nitrogens with two attached hydrogens (primary N) is 1. The normalized spacial score (nSPS) is 12.9. The van der Waals surface area contributed by atoms with Crippen LogP contribution in [0.2, 0.25) is 6.04 Å². The van der Waals surface area contributed by atoms with Gasteiger partial charge in [-0.25, -0.2) is 0 Å². The minimum Gasteiger partial charge on any atom is -0.459 e. The van der Waals surface area contributed by atoms with Crippen molar-refractivity contribution in [1.82, 2.24) is 15.0 Å². The van der Waals surface area contributed by atoms with Crippen LogP contribution >= 0.6 is 35.7 Å². The summed E-state index contributed by atoms with van der Waals surface area (Å²) >= 11 is 8.33. The first-order valence-corrected chi connectivity index (χ1v) is 16.9. The lowest BCUT2D eigenvalue weighted by atomic mass is 9.87. The largest absolute Gasteiger partial charge is 0.495 e. The van der Waals surface area contributed by atoms with Crippen molar-refractivity contribution in [2.45, 2.75) is 96.6 Å². The number of primary amides is 1. The summed E-state index contributed by atoms with van der Waals surface area (Å²) < 4.78 is 12.4. The Bertz CT molecular complexity index is 856. The predicted octanol–water partition coefficient (Wildman–Crippen LogP) is 3.66. The Morgan fingerprint density at radius 2 is 1.95 bits per heavy atom. The Morgan fingerprint density at radius 3 is 2.59 bits per heavy atom. The predicted molar refractivity (Wildman–Crippen MR) is 154 cm³/mol. The third kappa shape index (κ3) is 14.6. The van der Waals surface area contributed by atoms with E-state index in [4.69, 9.17) is 22.7 Å². The van der Waals surface area contributed by atoms with Gasteiger partial charge in [0.15, 0.2) is 0 Å². The summed E-state index contributed by atoms with van der Waals surface area (Å²) in [6.45, 7) is 6.12. The van der Waals surface area contributed by atoms with Crippen LogP contribution in [0.3, 0.4) is 0 Å². The van der Waals surface area contributed by atoms with Crippen molar-refractivity contribution in [3.63, 3.8) is 0 Å². The fourth-order valence-corrected chi connectivity index (χ4v) is 6.68. The zero-order chi connectivity index (χ0) is 27.9. The van der Waals surface area contributed by atoms with E-state index in [0.717, 1.165) is 12.2 Å². The maximum atomic E-state index is 12.7. The van der Waals surface area contributed by atoms with Crippen LogP contribution in [0.15, 0.2) is 6.20 Å². The zero-order valence-corrected chi connectivity index (χ0v) is 25.8. The lowest BCUT2D eigenvalue weighted by molar-refractivity contribution is -0.156. The van der Waals surface area contributed by atoms with E-state index in [1.165, 1.54) is 44.6 Å². The number of hydrogen-bond acceptors (Lipinski definition) is 11. The number of carbonyl (C=O) groups excluding carboxylic acids is 2. The van der Waals surface area contributed by atoms with E-state index < -0.39 is 31.3 Å². The minimum atomic E-state index is -3.59. The Kier molecular flexibility index (Phi) is 16.1. The maximum absolute atomic E-state index is 12.7. The van der Waals surface area contributed by atoms with Crippen molar-refractivity contribution in [3.8, 4) is 0 Å². The Labute approximate surface area is 235 Å². The highest BCUT2D eigenvalue weighted by Crippen LogP contribution is 2.31. The van der Waals surface area contributed by atoms with E-state index in [1.807, 2.05) is 0 Å². The third-order valence-corrected chi connectivity index (χ3v) is 10.4. The highest BCUT2D eigenvalue weighted by Gasteiger charge is 2.32. The molecule has 0 saturated heterocycles.